The number of anilines is 1. The minimum Gasteiger partial charge on any atom is -0.351 e. The van der Waals surface area contributed by atoms with Crippen LogP contribution in [0.3, 0.4) is 0 Å². The molecule has 1 saturated heterocycles. The molecule has 0 saturated carbocycles. The third-order valence-corrected chi connectivity index (χ3v) is 3.65. The highest BCUT2D eigenvalue weighted by Crippen LogP contribution is 2.34. The van der Waals surface area contributed by atoms with E-state index in [2.05, 4.69) is 9.97 Å². The minimum absolute atomic E-state index is 0.164. The molecule has 2 unspecified atom stereocenters. The molecule has 106 valence electrons. The molecule has 0 amide bonds. The lowest BCUT2D eigenvalue weighted by molar-refractivity contribution is -0.144. The lowest BCUT2D eigenvalue weighted by atomic mass is 10.1. The summed E-state index contributed by atoms with van der Waals surface area (Å²) in [6.45, 7) is 4.00. The van der Waals surface area contributed by atoms with E-state index in [-0.39, 0.29) is 23.1 Å². The first-order chi connectivity index (χ1) is 8.82. The average Bonchev–Trinajstić information content (AvgIpc) is 2.68. The topological polar surface area (TPSA) is 29.0 Å². The van der Waals surface area contributed by atoms with Gasteiger partial charge in [0, 0.05) is 18.2 Å². The molecule has 0 aliphatic carbocycles. The SMILES string of the molecule is CCC1CCC(C)N1c1cc(Cl)nc(C(F)(F)F)n1. The van der Waals surface area contributed by atoms with Crippen molar-refractivity contribution in [2.24, 2.45) is 0 Å². The molecule has 0 bridgehead atoms. The molecule has 1 fully saturated rings. The molecule has 1 aliphatic rings. The normalized spacial score (nSPS) is 24.0. The second-order valence-electron chi connectivity index (χ2n) is 4.77. The Morgan fingerprint density at radius 2 is 2.05 bits per heavy atom. The smallest absolute Gasteiger partial charge is 0.351 e. The van der Waals surface area contributed by atoms with Crippen LogP contribution in [0, 0.1) is 0 Å². The monoisotopic (exact) mass is 293 g/mol. The fourth-order valence-corrected chi connectivity index (χ4v) is 2.73. The molecule has 2 heterocycles. The van der Waals surface area contributed by atoms with Gasteiger partial charge in [0.05, 0.1) is 0 Å². The van der Waals surface area contributed by atoms with E-state index in [0.29, 0.717) is 0 Å². The predicted molar refractivity (Wildman–Crippen MR) is 67.3 cm³/mol. The van der Waals surface area contributed by atoms with Gasteiger partial charge in [0.1, 0.15) is 11.0 Å². The molecule has 0 spiro atoms. The van der Waals surface area contributed by atoms with E-state index < -0.39 is 12.0 Å². The molecule has 2 rings (SSSR count). The van der Waals surface area contributed by atoms with Crippen molar-refractivity contribution in [3.63, 3.8) is 0 Å². The number of hydrogen-bond donors (Lipinski definition) is 0. The van der Waals surface area contributed by atoms with Gasteiger partial charge in [-0.2, -0.15) is 13.2 Å². The summed E-state index contributed by atoms with van der Waals surface area (Å²) >= 11 is 5.70. The molecule has 19 heavy (non-hydrogen) atoms. The second kappa shape index (κ2) is 5.15. The Hall–Kier alpha value is -1.04. The lowest BCUT2D eigenvalue weighted by Crippen LogP contribution is -2.35. The number of hydrogen-bond acceptors (Lipinski definition) is 3. The first-order valence-electron chi connectivity index (χ1n) is 6.23. The Morgan fingerprint density at radius 3 is 2.63 bits per heavy atom. The fourth-order valence-electron chi connectivity index (χ4n) is 2.55. The zero-order valence-corrected chi connectivity index (χ0v) is 11.5. The van der Waals surface area contributed by atoms with Gasteiger partial charge in [0.25, 0.3) is 0 Å². The van der Waals surface area contributed by atoms with Crippen LogP contribution in [0.1, 0.15) is 38.9 Å². The van der Waals surface area contributed by atoms with Gasteiger partial charge < -0.3 is 4.90 Å². The highest BCUT2D eigenvalue weighted by molar-refractivity contribution is 6.29. The van der Waals surface area contributed by atoms with Crippen LogP contribution in [0.5, 0.6) is 0 Å². The Kier molecular flexibility index (Phi) is 3.90. The summed E-state index contributed by atoms with van der Waals surface area (Å²) in [7, 11) is 0. The van der Waals surface area contributed by atoms with E-state index >= 15 is 0 Å². The van der Waals surface area contributed by atoms with E-state index in [1.807, 2.05) is 18.7 Å². The van der Waals surface area contributed by atoms with E-state index in [0.717, 1.165) is 19.3 Å². The van der Waals surface area contributed by atoms with Gasteiger partial charge in [-0.15, -0.1) is 0 Å². The number of alkyl halides is 3. The van der Waals surface area contributed by atoms with E-state index in [1.165, 1.54) is 6.07 Å². The maximum atomic E-state index is 12.7. The van der Waals surface area contributed by atoms with Crippen molar-refractivity contribution in [3.8, 4) is 0 Å². The molecule has 2 atom stereocenters. The van der Waals surface area contributed by atoms with Gasteiger partial charge in [0.15, 0.2) is 0 Å². The molecule has 0 N–H and O–H groups in total. The van der Waals surface area contributed by atoms with Gasteiger partial charge >= 0.3 is 6.18 Å². The molecule has 1 aliphatic heterocycles. The van der Waals surface area contributed by atoms with Gasteiger partial charge in [0.2, 0.25) is 5.82 Å². The van der Waals surface area contributed by atoms with Gasteiger partial charge in [-0.05, 0) is 26.2 Å². The van der Waals surface area contributed by atoms with Crippen molar-refractivity contribution in [2.45, 2.75) is 51.4 Å². The highest BCUT2D eigenvalue weighted by atomic mass is 35.5. The van der Waals surface area contributed by atoms with Crippen LogP contribution in [0.2, 0.25) is 5.15 Å². The van der Waals surface area contributed by atoms with Gasteiger partial charge in [-0.25, -0.2) is 9.97 Å². The van der Waals surface area contributed by atoms with Crippen LogP contribution in [0.25, 0.3) is 0 Å². The zero-order chi connectivity index (χ0) is 14.2. The van der Waals surface area contributed by atoms with E-state index in [4.69, 9.17) is 11.6 Å². The van der Waals surface area contributed by atoms with Crippen LogP contribution in [0.15, 0.2) is 6.07 Å². The van der Waals surface area contributed by atoms with Crippen LogP contribution in [0.4, 0.5) is 19.0 Å². The van der Waals surface area contributed by atoms with E-state index in [9.17, 15) is 13.2 Å². The summed E-state index contributed by atoms with van der Waals surface area (Å²) in [5.41, 5.74) is 0. The van der Waals surface area contributed by atoms with Crippen molar-refractivity contribution < 1.29 is 13.2 Å². The second-order valence-corrected chi connectivity index (χ2v) is 5.15. The molecule has 1 aromatic heterocycles. The Balaban J connectivity index is 2.42. The molecular weight excluding hydrogens is 279 g/mol. The fraction of sp³-hybridized carbons (Fsp3) is 0.667. The molecule has 0 radical (unpaired) electrons. The molecule has 7 heteroatoms. The quantitative estimate of drug-likeness (QED) is 0.774. The van der Waals surface area contributed by atoms with E-state index in [1.54, 1.807) is 0 Å². The maximum absolute atomic E-state index is 12.7. The van der Waals surface area contributed by atoms with Crippen molar-refractivity contribution in [1.29, 1.82) is 0 Å². The summed E-state index contributed by atoms with van der Waals surface area (Å²) in [6, 6.07) is 1.78. The van der Waals surface area contributed by atoms with Crippen LogP contribution in [-0.2, 0) is 6.18 Å². The predicted octanol–water partition coefficient (Wildman–Crippen LogP) is 3.92. The summed E-state index contributed by atoms with van der Waals surface area (Å²) < 4.78 is 38.1. The first kappa shape index (κ1) is 14.4. The number of rotatable bonds is 2. The minimum atomic E-state index is -4.58. The van der Waals surface area contributed by atoms with Crippen molar-refractivity contribution in [1.82, 2.24) is 9.97 Å². The third-order valence-electron chi connectivity index (χ3n) is 3.46. The van der Waals surface area contributed by atoms with Crippen molar-refractivity contribution in [2.75, 3.05) is 4.90 Å². The Labute approximate surface area is 114 Å². The van der Waals surface area contributed by atoms with Gasteiger partial charge in [-0.3, -0.25) is 0 Å². The molecular formula is C12H15ClF3N3. The third kappa shape index (κ3) is 2.94. The van der Waals surface area contributed by atoms with Crippen LogP contribution in [-0.4, -0.2) is 22.1 Å². The van der Waals surface area contributed by atoms with Crippen molar-refractivity contribution in [3.05, 3.63) is 17.0 Å². The largest absolute Gasteiger partial charge is 0.451 e. The highest BCUT2D eigenvalue weighted by Gasteiger charge is 2.37. The average molecular weight is 294 g/mol. The lowest BCUT2D eigenvalue weighted by Gasteiger charge is -2.29. The summed E-state index contributed by atoms with van der Waals surface area (Å²) in [5.74, 6) is -0.909. The summed E-state index contributed by atoms with van der Waals surface area (Å²) in [6.07, 6.45) is -1.81. The number of aromatic nitrogens is 2. The standard InChI is InChI=1S/C12H15ClF3N3/c1-3-8-5-4-7(2)19(8)10-6-9(13)17-11(18-10)12(14,15)16/h6-8H,3-5H2,1-2H3. The number of halogens is 4. The van der Waals surface area contributed by atoms with Crippen LogP contribution >= 0.6 is 11.6 Å². The molecule has 1 aromatic rings. The van der Waals surface area contributed by atoms with Gasteiger partial charge in [-0.1, -0.05) is 18.5 Å². The zero-order valence-electron chi connectivity index (χ0n) is 10.7. The maximum Gasteiger partial charge on any atom is 0.451 e. The summed E-state index contributed by atoms with van der Waals surface area (Å²) in [5, 5.41) is -0.175. The number of nitrogens with zero attached hydrogens (tertiary/aromatic N) is 3. The first-order valence-corrected chi connectivity index (χ1v) is 6.60. The van der Waals surface area contributed by atoms with Crippen molar-refractivity contribution >= 4 is 17.4 Å². The molecule has 3 nitrogen and oxygen atoms in total. The Bertz CT molecular complexity index is 464. The Morgan fingerprint density at radius 1 is 1.37 bits per heavy atom. The summed E-state index contributed by atoms with van der Waals surface area (Å²) in [4.78, 5) is 8.82. The molecule has 0 aromatic carbocycles. The van der Waals surface area contributed by atoms with Crippen LogP contribution < -0.4 is 4.90 Å².